The van der Waals surface area contributed by atoms with Crippen molar-refractivity contribution in [2.45, 2.75) is 6.92 Å². The minimum atomic E-state index is -0.797. The maximum absolute atomic E-state index is 12.1. The summed E-state index contributed by atoms with van der Waals surface area (Å²) >= 11 is 0. The number of Topliss-reactive ketones (excluding diaryl/α,β-unsaturated/α-hetero) is 1. The average Bonchev–Trinajstić information content (AvgIpc) is 2.99. The molecular formula is C22H20N2O8. The molecule has 0 spiro atoms. The van der Waals surface area contributed by atoms with E-state index in [4.69, 9.17) is 14.2 Å². The van der Waals surface area contributed by atoms with Crippen LogP contribution in [0.5, 0.6) is 11.5 Å². The number of rotatable bonds is 8. The Morgan fingerprint density at radius 1 is 0.938 bits per heavy atom. The maximum Gasteiger partial charge on any atom is 0.344 e. The molecule has 1 heterocycles. The van der Waals surface area contributed by atoms with Crippen LogP contribution in [0.15, 0.2) is 36.4 Å². The number of esters is 1. The van der Waals surface area contributed by atoms with Crippen molar-refractivity contribution >= 4 is 35.2 Å². The van der Waals surface area contributed by atoms with E-state index in [2.05, 4.69) is 5.32 Å². The molecule has 0 saturated heterocycles. The Hall–Kier alpha value is -4.21. The van der Waals surface area contributed by atoms with Gasteiger partial charge in [0.2, 0.25) is 0 Å². The van der Waals surface area contributed by atoms with Gasteiger partial charge in [0.15, 0.2) is 30.5 Å². The number of hydrogen-bond acceptors (Lipinski definition) is 8. The van der Waals surface area contributed by atoms with E-state index in [1.807, 2.05) is 0 Å². The van der Waals surface area contributed by atoms with Crippen molar-refractivity contribution in [1.82, 2.24) is 4.90 Å². The summed E-state index contributed by atoms with van der Waals surface area (Å²) in [4.78, 5) is 60.3. The third kappa shape index (κ3) is 4.75. The molecule has 0 atom stereocenters. The van der Waals surface area contributed by atoms with Crippen molar-refractivity contribution in [2.75, 3.05) is 32.7 Å². The molecule has 0 radical (unpaired) electrons. The Bertz CT molecular complexity index is 1120. The number of carbonyl (C=O) groups excluding carboxylic acids is 5. The normalized spacial score (nSPS) is 12.3. The number of carbonyl (C=O) groups is 5. The first-order valence-corrected chi connectivity index (χ1v) is 9.45. The molecule has 2 aromatic carbocycles. The summed E-state index contributed by atoms with van der Waals surface area (Å²) in [5, 5.41) is 2.50. The van der Waals surface area contributed by atoms with Crippen LogP contribution in [0.4, 0.5) is 5.69 Å². The lowest BCUT2D eigenvalue weighted by Gasteiger charge is -2.11. The SMILES string of the molecule is COc1cc(C(C)=O)ccc1OCC(=O)OCC(=O)Nc1ccc2c(c1)C(=O)N(C)C2=O. The zero-order valence-corrected chi connectivity index (χ0v) is 17.6. The number of nitrogens with one attached hydrogen (secondary N) is 1. The van der Waals surface area contributed by atoms with Crippen LogP contribution in [0.1, 0.15) is 38.0 Å². The summed E-state index contributed by atoms with van der Waals surface area (Å²) in [5.74, 6) is -1.94. The van der Waals surface area contributed by atoms with Gasteiger partial charge in [-0.2, -0.15) is 0 Å². The van der Waals surface area contributed by atoms with Gasteiger partial charge in [-0.15, -0.1) is 0 Å². The second-order valence-electron chi connectivity index (χ2n) is 6.85. The lowest BCUT2D eigenvalue weighted by molar-refractivity contribution is -0.149. The number of benzene rings is 2. The molecule has 10 heteroatoms. The highest BCUT2D eigenvalue weighted by atomic mass is 16.6. The van der Waals surface area contributed by atoms with Crippen LogP contribution in [-0.2, 0) is 14.3 Å². The lowest BCUT2D eigenvalue weighted by atomic mass is 10.1. The molecule has 0 unspecified atom stereocenters. The molecule has 1 aliphatic heterocycles. The molecule has 3 rings (SSSR count). The number of ether oxygens (including phenoxy) is 3. The monoisotopic (exact) mass is 440 g/mol. The standard InChI is InChI=1S/C22H20N2O8/c1-12(25)13-4-7-17(18(8-13)30-3)31-11-20(27)32-10-19(26)23-14-5-6-15-16(9-14)22(29)24(2)21(15)28/h4-9H,10-11H2,1-3H3,(H,23,26). The Morgan fingerprint density at radius 3 is 2.34 bits per heavy atom. The zero-order valence-electron chi connectivity index (χ0n) is 17.6. The van der Waals surface area contributed by atoms with Gasteiger partial charge >= 0.3 is 5.97 Å². The molecule has 2 aromatic rings. The number of anilines is 1. The molecule has 0 fully saturated rings. The molecule has 0 aromatic heterocycles. The predicted octanol–water partition coefficient (Wildman–Crippen LogP) is 1.68. The third-order valence-corrected chi connectivity index (χ3v) is 4.65. The minimum absolute atomic E-state index is 0.147. The van der Waals surface area contributed by atoms with Crippen LogP contribution in [0.25, 0.3) is 0 Å². The van der Waals surface area contributed by atoms with Gasteiger partial charge in [0.25, 0.3) is 17.7 Å². The number of methoxy groups -OCH3 is 1. The largest absolute Gasteiger partial charge is 0.493 e. The van der Waals surface area contributed by atoms with Crippen LogP contribution >= 0.6 is 0 Å². The first-order chi connectivity index (χ1) is 15.2. The molecule has 0 saturated carbocycles. The minimum Gasteiger partial charge on any atom is -0.493 e. The molecule has 166 valence electrons. The fourth-order valence-corrected chi connectivity index (χ4v) is 2.97. The van der Waals surface area contributed by atoms with E-state index < -0.39 is 36.9 Å². The predicted molar refractivity (Wildman–Crippen MR) is 111 cm³/mol. The van der Waals surface area contributed by atoms with Crippen molar-refractivity contribution in [1.29, 1.82) is 0 Å². The van der Waals surface area contributed by atoms with Gasteiger partial charge < -0.3 is 19.5 Å². The summed E-state index contributed by atoms with van der Waals surface area (Å²) in [6.07, 6.45) is 0. The molecule has 3 amide bonds. The van der Waals surface area contributed by atoms with Gasteiger partial charge in [0, 0.05) is 18.3 Å². The Labute approximate surface area is 183 Å². The number of ketones is 1. The van der Waals surface area contributed by atoms with Gasteiger partial charge in [0.1, 0.15) is 0 Å². The summed E-state index contributed by atoms with van der Waals surface area (Å²) in [5.41, 5.74) is 1.15. The first-order valence-electron chi connectivity index (χ1n) is 9.45. The van der Waals surface area contributed by atoms with Crippen LogP contribution in [0.2, 0.25) is 0 Å². The van der Waals surface area contributed by atoms with Crippen LogP contribution in [-0.4, -0.2) is 61.7 Å². The van der Waals surface area contributed by atoms with E-state index in [1.165, 1.54) is 57.5 Å². The number of nitrogens with zero attached hydrogens (tertiary/aromatic N) is 1. The summed E-state index contributed by atoms with van der Waals surface area (Å²) in [6, 6.07) is 8.82. The van der Waals surface area contributed by atoms with Crippen molar-refractivity contribution in [3.05, 3.63) is 53.1 Å². The van der Waals surface area contributed by atoms with Gasteiger partial charge in [-0.05, 0) is 43.3 Å². The van der Waals surface area contributed by atoms with Crippen molar-refractivity contribution in [2.24, 2.45) is 0 Å². The van der Waals surface area contributed by atoms with Gasteiger partial charge in [-0.3, -0.25) is 24.1 Å². The number of amides is 3. The van der Waals surface area contributed by atoms with Gasteiger partial charge in [0.05, 0.1) is 18.2 Å². The Balaban J connectivity index is 1.51. The smallest absolute Gasteiger partial charge is 0.344 e. The van der Waals surface area contributed by atoms with Crippen LogP contribution in [0, 0.1) is 0 Å². The second kappa shape index (κ2) is 9.29. The number of fused-ring (bicyclic) bond motifs is 1. The molecule has 0 aliphatic carbocycles. The number of hydrogen-bond donors (Lipinski definition) is 1. The Morgan fingerprint density at radius 2 is 1.66 bits per heavy atom. The summed E-state index contributed by atoms with van der Waals surface area (Å²) < 4.78 is 15.4. The van der Waals surface area contributed by atoms with E-state index >= 15 is 0 Å². The molecule has 1 aliphatic rings. The molecule has 1 N–H and O–H groups in total. The fourth-order valence-electron chi connectivity index (χ4n) is 2.97. The van der Waals surface area contributed by atoms with E-state index in [0.717, 1.165) is 4.90 Å². The molecule has 32 heavy (non-hydrogen) atoms. The van der Waals surface area contributed by atoms with Crippen molar-refractivity contribution < 1.29 is 38.2 Å². The summed E-state index contributed by atoms with van der Waals surface area (Å²) in [6.45, 7) is 0.355. The van der Waals surface area contributed by atoms with E-state index in [-0.39, 0.29) is 34.1 Å². The van der Waals surface area contributed by atoms with Gasteiger partial charge in [-0.1, -0.05) is 0 Å². The highest BCUT2D eigenvalue weighted by molar-refractivity contribution is 6.21. The quantitative estimate of drug-likeness (QED) is 0.373. The molecular weight excluding hydrogens is 420 g/mol. The first kappa shape index (κ1) is 22.5. The summed E-state index contributed by atoms with van der Waals surface area (Å²) in [7, 11) is 2.77. The maximum atomic E-state index is 12.1. The van der Waals surface area contributed by atoms with Crippen molar-refractivity contribution in [3.8, 4) is 11.5 Å². The average molecular weight is 440 g/mol. The van der Waals surface area contributed by atoms with E-state index in [1.54, 1.807) is 0 Å². The highest BCUT2D eigenvalue weighted by Crippen LogP contribution is 2.28. The topological polar surface area (TPSA) is 128 Å². The van der Waals surface area contributed by atoms with Crippen LogP contribution < -0.4 is 14.8 Å². The van der Waals surface area contributed by atoms with Crippen molar-refractivity contribution in [3.63, 3.8) is 0 Å². The lowest BCUT2D eigenvalue weighted by Crippen LogP contribution is -2.24. The van der Waals surface area contributed by atoms with E-state index in [9.17, 15) is 24.0 Å². The molecule has 0 bridgehead atoms. The fraction of sp³-hybridized carbons (Fsp3) is 0.227. The zero-order chi connectivity index (χ0) is 23.4. The van der Waals surface area contributed by atoms with Gasteiger partial charge in [-0.25, -0.2) is 4.79 Å². The third-order valence-electron chi connectivity index (χ3n) is 4.65. The second-order valence-corrected chi connectivity index (χ2v) is 6.85. The Kier molecular flexibility index (Phi) is 6.53. The van der Waals surface area contributed by atoms with E-state index in [0.29, 0.717) is 5.56 Å². The number of imide groups is 1. The molecule has 10 nitrogen and oxygen atoms in total. The van der Waals surface area contributed by atoms with Crippen LogP contribution in [0.3, 0.4) is 0 Å². The highest BCUT2D eigenvalue weighted by Gasteiger charge is 2.32.